The second-order valence-electron chi connectivity index (χ2n) is 7.33. The van der Waals surface area contributed by atoms with E-state index in [9.17, 15) is 0 Å². The molecule has 2 aliphatic rings. The van der Waals surface area contributed by atoms with Gasteiger partial charge >= 0.3 is 0 Å². The number of hydrogen-bond donors (Lipinski definition) is 1. The third kappa shape index (κ3) is 3.94. The lowest BCUT2D eigenvalue weighted by Gasteiger charge is -2.38. The molecule has 5 heteroatoms. The number of nitrogens with zero attached hydrogens (tertiary/aromatic N) is 3. The minimum absolute atomic E-state index is 0.123. The lowest BCUT2D eigenvalue weighted by Crippen LogP contribution is -2.44. The van der Waals surface area contributed by atoms with Crippen LogP contribution in [0.4, 0.5) is 0 Å². The maximum absolute atomic E-state index is 9.12. The van der Waals surface area contributed by atoms with E-state index >= 15 is 0 Å². The summed E-state index contributed by atoms with van der Waals surface area (Å²) < 4.78 is 8.29. The second kappa shape index (κ2) is 7.28. The number of aliphatic hydroxyl groups excluding tert-OH is 1. The van der Waals surface area contributed by atoms with Crippen LogP contribution in [0.25, 0.3) is 0 Å². The summed E-state index contributed by atoms with van der Waals surface area (Å²) in [5.74, 6) is 0.729. The number of aromatic nitrogens is 2. The van der Waals surface area contributed by atoms with Crippen LogP contribution in [-0.4, -0.2) is 45.6 Å². The Labute approximate surface area is 149 Å². The van der Waals surface area contributed by atoms with Crippen LogP contribution in [-0.2, 0) is 17.8 Å². The van der Waals surface area contributed by atoms with Crippen LogP contribution >= 0.6 is 0 Å². The Kier molecular flexibility index (Phi) is 4.88. The maximum atomic E-state index is 9.12. The monoisotopic (exact) mass is 341 g/mol. The Balaban J connectivity index is 1.50. The summed E-state index contributed by atoms with van der Waals surface area (Å²) in [5.41, 5.74) is 3.57. The van der Waals surface area contributed by atoms with Crippen molar-refractivity contribution < 1.29 is 9.84 Å². The lowest BCUT2D eigenvalue weighted by molar-refractivity contribution is -0.0986. The van der Waals surface area contributed by atoms with Gasteiger partial charge in [0.2, 0.25) is 0 Å². The zero-order chi connectivity index (χ0) is 17.2. The molecule has 1 aliphatic heterocycles. The average molecular weight is 341 g/mol. The molecule has 1 saturated heterocycles. The zero-order valence-electron chi connectivity index (χ0n) is 14.8. The molecule has 0 radical (unpaired) electrons. The summed E-state index contributed by atoms with van der Waals surface area (Å²) in [6.07, 6.45) is 5.16. The van der Waals surface area contributed by atoms with Gasteiger partial charge in [0, 0.05) is 31.4 Å². The summed E-state index contributed by atoms with van der Waals surface area (Å²) in [4.78, 5) is 2.51. The largest absolute Gasteiger partial charge is 0.394 e. The molecule has 1 saturated carbocycles. The summed E-state index contributed by atoms with van der Waals surface area (Å²) in [6.45, 7) is 5.54. The molecule has 2 atom stereocenters. The summed E-state index contributed by atoms with van der Waals surface area (Å²) in [6, 6.07) is 10.6. The summed E-state index contributed by atoms with van der Waals surface area (Å²) in [5, 5.41) is 13.6. The van der Waals surface area contributed by atoms with Crippen LogP contribution in [0.2, 0.25) is 0 Å². The van der Waals surface area contributed by atoms with Gasteiger partial charge < -0.3 is 9.84 Å². The first-order valence-corrected chi connectivity index (χ1v) is 9.29. The number of aryl methyl sites for hydroxylation is 1. The number of aliphatic hydroxyl groups is 1. The highest BCUT2D eigenvalue weighted by Crippen LogP contribution is 2.39. The number of morpholine rings is 1. The van der Waals surface area contributed by atoms with E-state index in [0.717, 1.165) is 31.2 Å². The molecule has 2 aromatic rings. The van der Waals surface area contributed by atoms with Crippen molar-refractivity contribution in [2.45, 2.75) is 45.1 Å². The van der Waals surface area contributed by atoms with Crippen LogP contribution in [0.15, 0.2) is 36.5 Å². The summed E-state index contributed by atoms with van der Waals surface area (Å²) in [7, 11) is 0. The molecule has 1 N–H and O–H groups in total. The molecule has 5 nitrogen and oxygen atoms in total. The fraction of sp³-hybridized carbons (Fsp3) is 0.550. The summed E-state index contributed by atoms with van der Waals surface area (Å²) >= 11 is 0. The predicted molar refractivity (Wildman–Crippen MR) is 96.1 cm³/mol. The third-order valence-electron chi connectivity index (χ3n) is 5.29. The van der Waals surface area contributed by atoms with E-state index < -0.39 is 0 Å². The second-order valence-corrected chi connectivity index (χ2v) is 7.33. The SMILES string of the molecule is Cc1nn(CCO)cc1CN1C[C@@H](c2ccccc2)O[C@@H](C2CC2)C1. The molecule has 1 aromatic carbocycles. The van der Waals surface area contributed by atoms with Crippen LogP contribution in [0.1, 0.15) is 35.8 Å². The van der Waals surface area contributed by atoms with Gasteiger partial charge in [-0.2, -0.15) is 5.10 Å². The van der Waals surface area contributed by atoms with Gasteiger partial charge in [-0.15, -0.1) is 0 Å². The first kappa shape index (κ1) is 16.8. The Bertz CT molecular complexity index is 696. The van der Waals surface area contributed by atoms with Crippen molar-refractivity contribution in [3.63, 3.8) is 0 Å². The number of rotatable bonds is 6. The van der Waals surface area contributed by atoms with E-state index in [0.29, 0.717) is 12.6 Å². The third-order valence-corrected chi connectivity index (χ3v) is 5.29. The topological polar surface area (TPSA) is 50.5 Å². The van der Waals surface area contributed by atoms with Gasteiger partial charge in [-0.05, 0) is 31.2 Å². The van der Waals surface area contributed by atoms with Gasteiger partial charge in [-0.3, -0.25) is 9.58 Å². The van der Waals surface area contributed by atoms with Crippen molar-refractivity contribution in [2.24, 2.45) is 5.92 Å². The fourth-order valence-electron chi connectivity index (χ4n) is 3.74. The molecule has 0 unspecified atom stereocenters. The Hall–Kier alpha value is -1.69. The highest BCUT2D eigenvalue weighted by atomic mass is 16.5. The molecule has 0 spiro atoms. The fourth-order valence-corrected chi connectivity index (χ4v) is 3.74. The zero-order valence-corrected chi connectivity index (χ0v) is 14.8. The highest BCUT2D eigenvalue weighted by molar-refractivity contribution is 5.20. The first-order valence-electron chi connectivity index (χ1n) is 9.29. The lowest BCUT2D eigenvalue weighted by atomic mass is 10.0. The molecule has 25 heavy (non-hydrogen) atoms. The van der Waals surface area contributed by atoms with Gasteiger partial charge in [0.15, 0.2) is 0 Å². The average Bonchev–Trinajstić information content (AvgIpc) is 3.42. The molecule has 2 fully saturated rings. The van der Waals surface area contributed by atoms with Crippen LogP contribution < -0.4 is 0 Å². The van der Waals surface area contributed by atoms with Gasteiger partial charge in [-0.25, -0.2) is 0 Å². The normalized spacial score (nSPS) is 24.6. The van der Waals surface area contributed by atoms with E-state index in [1.807, 2.05) is 4.68 Å². The van der Waals surface area contributed by atoms with Crippen LogP contribution in [0.5, 0.6) is 0 Å². The smallest absolute Gasteiger partial charge is 0.0956 e. The number of hydrogen-bond acceptors (Lipinski definition) is 4. The van der Waals surface area contributed by atoms with Gasteiger partial charge in [0.05, 0.1) is 31.1 Å². The molecule has 134 valence electrons. The Morgan fingerprint density at radius 3 is 2.72 bits per heavy atom. The Morgan fingerprint density at radius 2 is 2.00 bits per heavy atom. The minimum Gasteiger partial charge on any atom is -0.394 e. The quantitative estimate of drug-likeness (QED) is 0.877. The van der Waals surface area contributed by atoms with Gasteiger partial charge in [0.25, 0.3) is 0 Å². The molecule has 1 aliphatic carbocycles. The van der Waals surface area contributed by atoms with Crippen molar-refractivity contribution in [1.82, 2.24) is 14.7 Å². The molecule has 0 bridgehead atoms. The van der Waals surface area contributed by atoms with E-state index in [4.69, 9.17) is 9.84 Å². The van der Waals surface area contributed by atoms with E-state index in [2.05, 4.69) is 53.5 Å². The highest BCUT2D eigenvalue weighted by Gasteiger charge is 2.38. The first-order chi connectivity index (χ1) is 12.2. The minimum atomic E-state index is 0.123. The van der Waals surface area contributed by atoms with E-state index in [1.165, 1.54) is 24.0 Å². The number of benzene rings is 1. The van der Waals surface area contributed by atoms with Crippen molar-refractivity contribution in [2.75, 3.05) is 19.7 Å². The van der Waals surface area contributed by atoms with Gasteiger partial charge in [0.1, 0.15) is 0 Å². The maximum Gasteiger partial charge on any atom is 0.0956 e. The molecule has 1 aromatic heterocycles. The molecule has 2 heterocycles. The van der Waals surface area contributed by atoms with Crippen LogP contribution in [0, 0.1) is 12.8 Å². The molecular weight excluding hydrogens is 314 g/mol. The molecule has 4 rings (SSSR count). The van der Waals surface area contributed by atoms with Crippen molar-refractivity contribution in [3.8, 4) is 0 Å². The van der Waals surface area contributed by atoms with Gasteiger partial charge in [-0.1, -0.05) is 30.3 Å². The predicted octanol–water partition coefficient (Wildman–Crippen LogP) is 2.54. The van der Waals surface area contributed by atoms with E-state index in [1.54, 1.807) is 0 Å². The Morgan fingerprint density at radius 1 is 1.20 bits per heavy atom. The van der Waals surface area contributed by atoms with Crippen molar-refractivity contribution >= 4 is 0 Å². The molecular formula is C20H27N3O2. The standard InChI is InChI=1S/C20H27N3O2/c1-15-18(12-23(21-15)9-10-24)11-22-13-19(16-5-3-2-4-6-16)25-20(14-22)17-7-8-17/h2-6,12,17,19-20,24H,7-11,13-14H2,1H3/t19-,20+/m0/s1. The van der Waals surface area contributed by atoms with Crippen molar-refractivity contribution in [3.05, 3.63) is 53.3 Å². The van der Waals surface area contributed by atoms with Crippen LogP contribution in [0.3, 0.4) is 0 Å². The molecule has 0 amide bonds. The van der Waals surface area contributed by atoms with E-state index in [-0.39, 0.29) is 12.7 Å². The number of ether oxygens (including phenoxy) is 1. The van der Waals surface area contributed by atoms with Crippen molar-refractivity contribution in [1.29, 1.82) is 0 Å².